The van der Waals surface area contributed by atoms with E-state index in [0.29, 0.717) is 12.0 Å². The Morgan fingerprint density at radius 3 is 2.47 bits per heavy atom. The molecule has 0 saturated heterocycles. The number of hydrogen-bond donors (Lipinski definition) is 1. The van der Waals surface area contributed by atoms with Crippen LogP contribution in [0, 0.1) is 11.8 Å². The summed E-state index contributed by atoms with van der Waals surface area (Å²) >= 11 is 0. The zero-order valence-electron chi connectivity index (χ0n) is 10.5. The number of aromatic nitrogens is 2. The molecule has 0 aliphatic carbocycles. The maximum Gasteiger partial charge on any atom is 0.0547 e. The van der Waals surface area contributed by atoms with Crippen LogP contribution in [-0.4, -0.2) is 16.3 Å². The summed E-state index contributed by atoms with van der Waals surface area (Å²) in [7, 11) is 1.99. The van der Waals surface area contributed by atoms with E-state index >= 15 is 0 Å². The highest BCUT2D eigenvalue weighted by atomic mass is 15.3. The van der Waals surface area contributed by atoms with Crippen molar-refractivity contribution in [3.63, 3.8) is 0 Å². The Labute approximate surface area is 92.9 Å². The second-order valence-electron chi connectivity index (χ2n) is 4.73. The van der Waals surface area contributed by atoms with E-state index in [1.165, 1.54) is 5.69 Å². The summed E-state index contributed by atoms with van der Waals surface area (Å²) in [5.41, 5.74) is 1.24. The third-order valence-electron chi connectivity index (χ3n) is 3.19. The highest BCUT2D eigenvalue weighted by Gasteiger charge is 2.12. The summed E-state index contributed by atoms with van der Waals surface area (Å²) in [4.78, 5) is 0. The van der Waals surface area contributed by atoms with Gasteiger partial charge in [0.25, 0.3) is 0 Å². The molecule has 1 rings (SSSR count). The van der Waals surface area contributed by atoms with Crippen molar-refractivity contribution in [2.75, 3.05) is 6.54 Å². The van der Waals surface area contributed by atoms with Gasteiger partial charge in [0.15, 0.2) is 0 Å². The zero-order chi connectivity index (χ0) is 11.4. The standard InChI is InChI=1S/C12H23N3/c1-9(2)10(3)8-13-11(4)12-6-7-14-15(12)5/h6-7,9-11,13H,8H2,1-5H3. The van der Waals surface area contributed by atoms with E-state index in [9.17, 15) is 0 Å². The number of aryl methyl sites for hydroxylation is 1. The first-order chi connectivity index (χ1) is 7.02. The van der Waals surface area contributed by atoms with Crippen LogP contribution in [0.5, 0.6) is 0 Å². The third-order valence-corrected chi connectivity index (χ3v) is 3.19. The Bertz CT molecular complexity index is 291. The average Bonchev–Trinajstić information content (AvgIpc) is 2.60. The van der Waals surface area contributed by atoms with Gasteiger partial charge in [-0.1, -0.05) is 20.8 Å². The molecule has 0 bridgehead atoms. The van der Waals surface area contributed by atoms with Crippen LogP contribution < -0.4 is 5.32 Å². The number of nitrogens with one attached hydrogen (secondary N) is 1. The van der Waals surface area contributed by atoms with E-state index in [-0.39, 0.29) is 0 Å². The van der Waals surface area contributed by atoms with Gasteiger partial charge in [0.2, 0.25) is 0 Å². The van der Waals surface area contributed by atoms with E-state index in [1.54, 1.807) is 0 Å². The number of hydrogen-bond acceptors (Lipinski definition) is 2. The quantitative estimate of drug-likeness (QED) is 0.807. The maximum atomic E-state index is 4.18. The van der Waals surface area contributed by atoms with Crippen molar-refractivity contribution >= 4 is 0 Å². The van der Waals surface area contributed by atoms with Gasteiger partial charge in [0, 0.05) is 19.3 Å². The average molecular weight is 209 g/mol. The van der Waals surface area contributed by atoms with Crippen molar-refractivity contribution in [3.8, 4) is 0 Å². The van der Waals surface area contributed by atoms with Gasteiger partial charge in [-0.2, -0.15) is 5.10 Å². The lowest BCUT2D eigenvalue weighted by molar-refractivity contribution is 0.371. The number of nitrogens with zero attached hydrogens (tertiary/aromatic N) is 2. The Morgan fingerprint density at radius 2 is 2.00 bits per heavy atom. The predicted octanol–water partition coefficient (Wildman–Crippen LogP) is 2.36. The summed E-state index contributed by atoms with van der Waals surface area (Å²) in [5.74, 6) is 1.44. The Kier molecular flexibility index (Phi) is 4.33. The van der Waals surface area contributed by atoms with E-state index in [4.69, 9.17) is 0 Å². The molecule has 0 aliphatic heterocycles. The van der Waals surface area contributed by atoms with Gasteiger partial charge in [-0.05, 0) is 31.4 Å². The topological polar surface area (TPSA) is 29.9 Å². The number of rotatable bonds is 5. The van der Waals surface area contributed by atoms with Gasteiger partial charge in [0.1, 0.15) is 0 Å². The van der Waals surface area contributed by atoms with Gasteiger partial charge in [0.05, 0.1) is 5.69 Å². The Hall–Kier alpha value is -0.830. The molecule has 86 valence electrons. The van der Waals surface area contributed by atoms with E-state index in [1.807, 2.05) is 17.9 Å². The first-order valence-electron chi connectivity index (χ1n) is 5.73. The van der Waals surface area contributed by atoms with Crippen LogP contribution in [0.25, 0.3) is 0 Å². The smallest absolute Gasteiger partial charge is 0.0547 e. The van der Waals surface area contributed by atoms with Crippen molar-refractivity contribution in [2.45, 2.75) is 33.7 Å². The van der Waals surface area contributed by atoms with Gasteiger partial charge >= 0.3 is 0 Å². The summed E-state index contributed by atoms with van der Waals surface area (Å²) in [6.07, 6.45) is 1.85. The molecule has 15 heavy (non-hydrogen) atoms. The Morgan fingerprint density at radius 1 is 1.33 bits per heavy atom. The molecule has 0 radical (unpaired) electrons. The molecule has 1 aromatic rings. The van der Waals surface area contributed by atoms with Crippen LogP contribution >= 0.6 is 0 Å². The fourth-order valence-electron chi connectivity index (χ4n) is 1.51. The fraction of sp³-hybridized carbons (Fsp3) is 0.750. The molecule has 0 fully saturated rings. The highest BCUT2D eigenvalue weighted by molar-refractivity contribution is 5.05. The summed E-state index contributed by atoms with van der Waals surface area (Å²) in [6, 6.07) is 2.44. The van der Waals surface area contributed by atoms with Gasteiger partial charge in [-0.3, -0.25) is 4.68 Å². The summed E-state index contributed by atoms with van der Waals surface area (Å²) < 4.78 is 1.93. The zero-order valence-corrected chi connectivity index (χ0v) is 10.5. The minimum atomic E-state index is 0.374. The molecule has 1 heterocycles. The lowest BCUT2D eigenvalue weighted by Gasteiger charge is -2.20. The largest absolute Gasteiger partial charge is 0.309 e. The van der Waals surface area contributed by atoms with E-state index in [0.717, 1.165) is 12.5 Å². The summed E-state index contributed by atoms with van der Waals surface area (Å²) in [5, 5.41) is 7.72. The molecule has 0 amide bonds. The molecule has 0 spiro atoms. The summed E-state index contributed by atoms with van der Waals surface area (Å²) in [6.45, 7) is 10.1. The van der Waals surface area contributed by atoms with Crippen LogP contribution in [0.2, 0.25) is 0 Å². The SMILES string of the molecule is CC(NCC(C)C(C)C)c1ccnn1C. The third kappa shape index (κ3) is 3.34. The molecule has 0 saturated carbocycles. The van der Waals surface area contributed by atoms with Crippen LogP contribution in [0.4, 0.5) is 0 Å². The molecule has 1 aromatic heterocycles. The van der Waals surface area contributed by atoms with Gasteiger partial charge in [-0.25, -0.2) is 0 Å². The molecule has 2 unspecified atom stereocenters. The van der Waals surface area contributed by atoms with Crippen molar-refractivity contribution in [3.05, 3.63) is 18.0 Å². The fourth-order valence-corrected chi connectivity index (χ4v) is 1.51. The molecular weight excluding hydrogens is 186 g/mol. The Balaban J connectivity index is 2.43. The molecule has 0 aliphatic rings. The van der Waals surface area contributed by atoms with Crippen molar-refractivity contribution in [1.82, 2.24) is 15.1 Å². The lowest BCUT2D eigenvalue weighted by Crippen LogP contribution is -2.27. The van der Waals surface area contributed by atoms with Crippen LogP contribution in [-0.2, 0) is 7.05 Å². The second kappa shape index (κ2) is 5.31. The lowest BCUT2D eigenvalue weighted by atomic mass is 9.98. The van der Waals surface area contributed by atoms with Crippen molar-refractivity contribution in [1.29, 1.82) is 0 Å². The van der Waals surface area contributed by atoms with E-state index in [2.05, 4.69) is 44.2 Å². The molecular formula is C12H23N3. The van der Waals surface area contributed by atoms with Gasteiger partial charge in [-0.15, -0.1) is 0 Å². The van der Waals surface area contributed by atoms with Crippen LogP contribution in [0.1, 0.15) is 39.4 Å². The predicted molar refractivity (Wildman–Crippen MR) is 63.6 cm³/mol. The molecule has 2 atom stereocenters. The monoisotopic (exact) mass is 209 g/mol. The highest BCUT2D eigenvalue weighted by Crippen LogP contribution is 2.13. The van der Waals surface area contributed by atoms with Crippen LogP contribution in [0.3, 0.4) is 0 Å². The van der Waals surface area contributed by atoms with Crippen LogP contribution in [0.15, 0.2) is 12.3 Å². The second-order valence-corrected chi connectivity index (χ2v) is 4.73. The molecule has 3 heteroatoms. The van der Waals surface area contributed by atoms with Gasteiger partial charge < -0.3 is 5.32 Å². The first-order valence-corrected chi connectivity index (χ1v) is 5.73. The maximum absolute atomic E-state index is 4.18. The van der Waals surface area contributed by atoms with E-state index < -0.39 is 0 Å². The minimum absolute atomic E-state index is 0.374. The molecule has 3 nitrogen and oxygen atoms in total. The van der Waals surface area contributed by atoms with Crippen molar-refractivity contribution < 1.29 is 0 Å². The normalized spacial score (nSPS) is 15.6. The first kappa shape index (κ1) is 12.2. The molecule has 0 aromatic carbocycles. The molecule has 1 N–H and O–H groups in total. The van der Waals surface area contributed by atoms with Crippen molar-refractivity contribution in [2.24, 2.45) is 18.9 Å². The minimum Gasteiger partial charge on any atom is -0.309 e.